The van der Waals surface area contributed by atoms with Crippen molar-refractivity contribution >= 4 is 11.8 Å². The van der Waals surface area contributed by atoms with Crippen molar-refractivity contribution < 1.29 is 0 Å². The summed E-state index contributed by atoms with van der Waals surface area (Å²) in [7, 11) is 3.84. The van der Waals surface area contributed by atoms with Gasteiger partial charge >= 0.3 is 0 Å². The van der Waals surface area contributed by atoms with Crippen LogP contribution in [0.1, 0.15) is 18.5 Å². The highest BCUT2D eigenvalue weighted by Crippen LogP contribution is 2.17. The van der Waals surface area contributed by atoms with Gasteiger partial charge in [0.1, 0.15) is 5.82 Å². The van der Waals surface area contributed by atoms with Gasteiger partial charge in [-0.05, 0) is 24.6 Å². The van der Waals surface area contributed by atoms with E-state index in [0.717, 1.165) is 11.4 Å². The lowest BCUT2D eigenvalue weighted by Crippen LogP contribution is -2.14. The lowest BCUT2D eigenvalue weighted by atomic mass is 10.1. The fourth-order valence-electron chi connectivity index (χ4n) is 1.58. The van der Waals surface area contributed by atoms with Crippen molar-refractivity contribution in [3.05, 3.63) is 42.4 Å². The average Bonchev–Trinajstić information content (AvgIpc) is 2.40. The molecule has 0 amide bonds. The van der Waals surface area contributed by atoms with Crippen LogP contribution in [0.3, 0.4) is 0 Å². The molecular weight excluding hydrogens is 226 g/mol. The zero-order valence-corrected chi connectivity index (χ0v) is 10.8. The normalized spacial score (nSPS) is 11.9. The van der Waals surface area contributed by atoms with Crippen LogP contribution >= 0.6 is 0 Å². The van der Waals surface area contributed by atoms with Crippen LogP contribution in [-0.2, 0) is 0 Å². The van der Waals surface area contributed by atoms with E-state index < -0.39 is 0 Å². The van der Waals surface area contributed by atoms with E-state index in [-0.39, 0.29) is 6.04 Å². The van der Waals surface area contributed by atoms with Crippen LogP contribution in [0.5, 0.6) is 0 Å². The molecule has 5 nitrogen and oxygen atoms in total. The zero-order chi connectivity index (χ0) is 13.0. The fraction of sp³-hybridized carbons (Fsp3) is 0.308. The molecule has 2 aromatic rings. The first-order valence-corrected chi connectivity index (χ1v) is 5.83. The molecule has 18 heavy (non-hydrogen) atoms. The molecule has 0 saturated carbocycles. The minimum absolute atomic E-state index is 0.156. The lowest BCUT2D eigenvalue weighted by molar-refractivity contribution is 0.860. The summed E-state index contributed by atoms with van der Waals surface area (Å²) < 4.78 is 0. The molecule has 0 aliphatic heterocycles. The lowest BCUT2D eigenvalue weighted by Gasteiger charge is -2.16. The SMILES string of the molecule is CC(Nc1ccnc(N(C)C)n1)c1cccnc1. The van der Waals surface area contributed by atoms with Gasteiger partial charge in [0.05, 0.1) is 6.04 Å². The van der Waals surface area contributed by atoms with Crippen LogP contribution in [-0.4, -0.2) is 29.0 Å². The molecule has 0 aromatic carbocycles. The van der Waals surface area contributed by atoms with Gasteiger partial charge in [-0.2, -0.15) is 4.98 Å². The number of hydrogen-bond donors (Lipinski definition) is 1. The van der Waals surface area contributed by atoms with Gasteiger partial charge in [-0.25, -0.2) is 4.98 Å². The summed E-state index contributed by atoms with van der Waals surface area (Å²) in [6, 6.07) is 5.99. The summed E-state index contributed by atoms with van der Waals surface area (Å²) in [4.78, 5) is 14.6. The van der Waals surface area contributed by atoms with Crippen LogP contribution in [0.15, 0.2) is 36.8 Å². The standard InChI is InChI=1S/C13H17N5/c1-10(11-5-4-7-14-9-11)16-12-6-8-15-13(17-12)18(2)3/h4-10H,1-3H3,(H,15,16,17). The third-order valence-electron chi connectivity index (χ3n) is 2.59. The molecule has 2 heterocycles. The van der Waals surface area contributed by atoms with Gasteiger partial charge in [-0.15, -0.1) is 0 Å². The summed E-state index contributed by atoms with van der Waals surface area (Å²) in [6.07, 6.45) is 5.37. The van der Waals surface area contributed by atoms with E-state index >= 15 is 0 Å². The molecule has 1 atom stereocenters. The second-order valence-corrected chi connectivity index (χ2v) is 4.29. The van der Waals surface area contributed by atoms with Crippen LogP contribution < -0.4 is 10.2 Å². The monoisotopic (exact) mass is 243 g/mol. The van der Waals surface area contributed by atoms with Gasteiger partial charge in [0.15, 0.2) is 0 Å². The van der Waals surface area contributed by atoms with E-state index in [1.807, 2.05) is 43.4 Å². The van der Waals surface area contributed by atoms with Crippen molar-refractivity contribution in [3.8, 4) is 0 Å². The van der Waals surface area contributed by atoms with Crippen LogP contribution in [0.2, 0.25) is 0 Å². The van der Waals surface area contributed by atoms with Gasteiger partial charge in [-0.1, -0.05) is 6.07 Å². The Morgan fingerprint density at radius 2 is 2.06 bits per heavy atom. The highest BCUT2D eigenvalue weighted by atomic mass is 15.2. The highest BCUT2D eigenvalue weighted by Gasteiger charge is 2.07. The van der Waals surface area contributed by atoms with Crippen molar-refractivity contribution in [2.24, 2.45) is 0 Å². The predicted octanol–water partition coefficient (Wildman–Crippen LogP) is 2.11. The van der Waals surface area contributed by atoms with Gasteiger partial charge in [0.2, 0.25) is 5.95 Å². The number of rotatable bonds is 4. The Bertz CT molecular complexity index is 498. The van der Waals surface area contributed by atoms with Crippen molar-refractivity contribution in [3.63, 3.8) is 0 Å². The van der Waals surface area contributed by atoms with Crippen LogP contribution in [0, 0.1) is 0 Å². The Kier molecular flexibility index (Phi) is 3.72. The number of nitrogens with zero attached hydrogens (tertiary/aromatic N) is 4. The van der Waals surface area contributed by atoms with Crippen molar-refractivity contribution in [1.29, 1.82) is 0 Å². The molecule has 94 valence electrons. The Labute approximate surface area is 107 Å². The Morgan fingerprint density at radius 3 is 2.72 bits per heavy atom. The van der Waals surface area contributed by atoms with Gasteiger partial charge in [-0.3, -0.25) is 4.98 Å². The van der Waals surface area contributed by atoms with Gasteiger partial charge in [0.25, 0.3) is 0 Å². The molecule has 0 fully saturated rings. The maximum absolute atomic E-state index is 4.42. The number of aromatic nitrogens is 3. The molecule has 0 saturated heterocycles. The molecule has 0 aliphatic carbocycles. The molecule has 2 aromatic heterocycles. The second kappa shape index (κ2) is 5.44. The summed E-state index contributed by atoms with van der Waals surface area (Å²) >= 11 is 0. The first-order valence-electron chi connectivity index (χ1n) is 5.83. The second-order valence-electron chi connectivity index (χ2n) is 4.29. The quantitative estimate of drug-likeness (QED) is 0.891. The minimum Gasteiger partial charge on any atom is -0.363 e. The number of hydrogen-bond acceptors (Lipinski definition) is 5. The molecule has 2 rings (SSSR count). The average molecular weight is 243 g/mol. The molecule has 0 bridgehead atoms. The molecule has 5 heteroatoms. The smallest absolute Gasteiger partial charge is 0.226 e. The third-order valence-corrected chi connectivity index (χ3v) is 2.59. The molecule has 0 radical (unpaired) electrons. The van der Waals surface area contributed by atoms with E-state index in [9.17, 15) is 0 Å². The van der Waals surface area contributed by atoms with Crippen LogP contribution in [0.25, 0.3) is 0 Å². The van der Waals surface area contributed by atoms with Crippen molar-refractivity contribution in [1.82, 2.24) is 15.0 Å². The van der Waals surface area contributed by atoms with E-state index in [4.69, 9.17) is 0 Å². The number of pyridine rings is 1. The number of anilines is 2. The topological polar surface area (TPSA) is 53.9 Å². The molecule has 1 N–H and O–H groups in total. The molecule has 0 aliphatic rings. The Balaban J connectivity index is 2.12. The molecule has 1 unspecified atom stereocenters. The molecule has 0 spiro atoms. The summed E-state index contributed by atoms with van der Waals surface area (Å²) in [5.74, 6) is 1.50. The zero-order valence-electron chi connectivity index (χ0n) is 10.8. The largest absolute Gasteiger partial charge is 0.363 e. The van der Waals surface area contributed by atoms with Crippen molar-refractivity contribution in [2.45, 2.75) is 13.0 Å². The molecular formula is C13H17N5. The maximum Gasteiger partial charge on any atom is 0.226 e. The Morgan fingerprint density at radius 1 is 1.22 bits per heavy atom. The van der Waals surface area contributed by atoms with Gasteiger partial charge < -0.3 is 10.2 Å². The summed E-state index contributed by atoms with van der Waals surface area (Å²) in [6.45, 7) is 2.08. The van der Waals surface area contributed by atoms with E-state index in [1.165, 1.54) is 0 Å². The van der Waals surface area contributed by atoms with Crippen LogP contribution in [0.4, 0.5) is 11.8 Å². The summed E-state index contributed by atoms with van der Waals surface area (Å²) in [5.41, 5.74) is 1.13. The van der Waals surface area contributed by atoms with E-state index in [0.29, 0.717) is 5.95 Å². The predicted molar refractivity (Wildman–Crippen MR) is 72.6 cm³/mol. The fourth-order valence-corrected chi connectivity index (χ4v) is 1.58. The highest BCUT2D eigenvalue weighted by molar-refractivity contribution is 5.42. The first-order chi connectivity index (χ1) is 8.66. The van der Waals surface area contributed by atoms with Crippen molar-refractivity contribution in [2.75, 3.05) is 24.3 Å². The number of nitrogens with one attached hydrogen (secondary N) is 1. The van der Waals surface area contributed by atoms with Gasteiger partial charge in [0, 0.05) is 32.7 Å². The minimum atomic E-state index is 0.156. The first kappa shape index (κ1) is 12.3. The maximum atomic E-state index is 4.42. The van der Waals surface area contributed by atoms with E-state index in [2.05, 4.69) is 27.2 Å². The van der Waals surface area contributed by atoms with E-state index in [1.54, 1.807) is 12.4 Å². The Hall–Kier alpha value is -2.17. The third kappa shape index (κ3) is 2.94. The summed E-state index contributed by atoms with van der Waals surface area (Å²) in [5, 5.41) is 3.34.